The van der Waals surface area contributed by atoms with Gasteiger partial charge in [-0.1, -0.05) is 23.2 Å². The van der Waals surface area contributed by atoms with Crippen LogP contribution in [0.5, 0.6) is 0 Å². The molecular weight excluding hydrogens is 387 g/mol. The number of hydrogen-bond donors (Lipinski definition) is 3. The van der Waals surface area contributed by atoms with E-state index in [-0.39, 0.29) is 28.6 Å². The maximum atomic E-state index is 12.5. The lowest BCUT2D eigenvalue weighted by atomic mass is 10.2. The van der Waals surface area contributed by atoms with E-state index in [2.05, 4.69) is 10.0 Å². The zero-order chi connectivity index (χ0) is 18.4. The molecule has 0 spiro atoms. The molecule has 134 valence electrons. The Hall–Kier alpha value is -1.80. The largest absolute Gasteiger partial charge is 0.396 e. The van der Waals surface area contributed by atoms with Crippen LogP contribution in [0.4, 0.5) is 5.69 Å². The van der Waals surface area contributed by atoms with Crippen molar-refractivity contribution >= 4 is 44.8 Å². The summed E-state index contributed by atoms with van der Waals surface area (Å²) < 4.78 is 27.5. The number of benzene rings is 2. The summed E-state index contributed by atoms with van der Waals surface area (Å²) in [5.74, 6) is -0.451. The van der Waals surface area contributed by atoms with Gasteiger partial charge in [-0.2, -0.15) is 0 Å². The third kappa shape index (κ3) is 5.34. The van der Waals surface area contributed by atoms with Crippen LogP contribution < -0.4 is 10.0 Å². The molecule has 0 aliphatic heterocycles. The van der Waals surface area contributed by atoms with Gasteiger partial charge in [-0.3, -0.25) is 9.52 Å². The topological polar surface area (TPSA) is 95.5 Å². The molecule has 0 fully saturated rings. The molecule has 2 rings (SSSR count). The van der Waals surface area contributed by atoms with E-state index in [0.717, 1.165) is 0 Å². The monoisotopic (exact) mass is 402 g/mol. The van der Waals surface area contributed by atoms with Crippen molar-refractivity contribution in [1.29, 1.82) is 0 Å². The van der Waals surface area contributed by atoms with E-state index in [4.69, 9.17) is 28.3 Å². The summed E-state index contributed by atoms with van der Waals surface area (Å²) in [6.45, 7) is 0.231. The molecule has 2 aromatic carbocycles. The van der Waals surface area contributed by atoms with Gasteiger partial charge in [-0.15, -0.1) is 0 Å². The smallest absolute Gasteiger partial charge is 0.263 e. The molecule has 0 saturated carbocycles. The summed E-state index contributed by atoms with van der Waals surface area (Å²) in [6.07, 6.45) is 0.405. The lowest BCUT2D eigenvalue weighted by Gasteiger charge is -2.11. The Morgan fingerprint density at radius 1 is 1.08 bits per heavy atom. The van der Waals surface area contributed by atoms with Gasteiger partial charge in [0, 0.05) is 29.4 Å². The molecule has 0 aliphatic rings. The summed E-state index contributed by atoms with van der Waals surface area (Å²) in [5.41, 5.74) is 0.470. The molecule has 0 aromatic heterocycles. The Morgan fingerprint density at radius 3 is 2.40 bits per heavy atom. The fourth-order valence-corrected chi connectivity index (χ4v) is 3.67. The third-order valence-electron chi connectivity index (χ3n) is 3.20. The number of anilines is 1. The van der Waals surface area contributed by atoms with Crippen molar-refractivity contribution in [2.45, 2.75) is 11.3 Å². The summed E-state index contributed by atoms with van der Waals surface area (Å²) in [7, 11) is -3.98. The lowest BCUT2D eigenvalue weighted by molar-refractivity contribution is 0.0951. The number of rotatable bonds is 7. The highest BCUT2D eigenvalue weighted by Crippen LogP contribution is 2.25. The second-order valence-corrected chi connectivity index (χ2v) is 7.59. The zero-order valence-corrected chi connectivity index (χ0v) is 15.3. The van der Waals surface area contributed by atoms with E-state index in [1.807, 2.05) is 0 Å². The maximum Gasteiger partial charge on any atom is 0.263 e. The van der Waals surface area contributed by atoms with E-state index >= 15 is 0 Å². The van der Waals surface area contributed by atoms with E-state index in [1.165, 1.54) is 30.3 Å². The molecule has 9 heteroatoms. The molecule has 3 N–H and O–H groups in total. The van der Waals surface area contributed by atoms with Crippen molar-refractivity contribution in [3.63, 3.8) is 0 Å². The highest BCUT2D eigenvalue weighted by Gasteiger charge is 2.20. The first-order valence-electron chi connectivity index (χ1n) is 7.30. The number of carbonyl (C=O) groups excluding carboxylic acids is 1. The summed E-state index contributed by atoms with van der Waals surface area (Å²) >= 11 is 11.8. The molecule has 25 heavy (non-hydrogen) atoms. The summed E-state index contributed by atoms with van der Waals surface area (Å²) in [6, 6.07) is 10.1. The predicted octanol–water partition coefficient (Wildman–Crippen LogP) is 2.91. The molecule has 0 unspecified atom stereocenters. The number of carbonyl (C=O) groups is 1. The van der Waals surface area contributed by atoms with Crippen LogP contribution in [0.15, 0.2) is 47.4 Å². The fourth-order valence-electron chi connectivity index (χ4n) is 1.96. The van der Waals surface area contributed by atoms with Crippen LogP contribution in [-0.4, -0.2) is 32.6 Å². The van der Waals surface area contributed by atoms with Crippen LogP contribution in [-0.2, 0) is 10.0 Å². The summed E-state index contributed by atoms with van der Waals surface area (Å²) in [5, 5.41) is 11.8. The number of aliphatic hydroxyl groups is 1. The Morgan fingerprint density at radius 2 is 1.76 bits per heavy atom. The van der Waals surface area contributed by atoms with Gasteiger partial charge in [0.25, 0.3) is 15.9 Å². The number of nitrogens with one attached hydrogen (secondary N) is 2. The van der Waals surface area contributed by atoms with Crippen LogP contribution >= 0.6 is 23.2 Å². The Bertz CT molecular complexity index is 855. The highest BCUT2D eigenvalue weighted by atomic mass is 35.5. The van der Waals surface area contributed by atoms with Gasteiger partial charge >= 0.3 is 0 Å². The van der Waals surface area contributed by atoms with E-state index in [9.17, 15) is 13.2 Å². The number of aliphatic hydroxyl groups excluding tert-OH is 1. The minimum absolute atomic E-state index is 0.00614. The van der Waals surface area contributed by atoms with E-state index in [1.54, 1.807) is 12.1 Å². The van der Waals surface area contributed by atoms with Gasteiger partial charge < -0.3 is 10.4 Å². The van der Waals surface area contributed by atoms with E-state index < -0.39 is 15.9 Å². The fraction of sp³-hybridized carbons (Fsp3) is 0.188. The summed E-state index contributed by atoms with van der Waals surface area (Å²) in [4.78, 5) is 11.8. The first kappa shape index (κ1) is 19.5. The van der Waals surface area contributed by atoms with Crippen molar-refractivity contribution in [3.05, 3.63) is 58.1 Å². The van der Waals surface area contributed by atoms with Gasteiger partial charge in [0.1, 0.15) is 4.90 Å². The molecule has 0 radical (unpaired) electrons. The average molecular weight is 403 g/mol. The molecule has 0 atom stereocenters. The Kier molecular flexibility index (Phi) is 6.66. The Labute approximate surface area is 155 Å². The molecule has 0 bridgehead atoms. The van der Waals surface area contributed by atoms with Gasteiger partial charge in [0.15, 0.2) is 0 Å². The van der Waals surface area contributed by atoms with Crippen molar-refractivity contribution in [3.8, 4) is 0 Å². The second kappa shape index (κ2) is 8.53. The number of sulfonamides is 1. The van der Waals surface area contributed by atoms with Crippen molar-refractivity contribution < 1.29 is 18.3 Å². The maximum absolute atomic E-state index is 12.5. The SMILES string of the molecule is O=C(NCCCO)c1ccc(Cl)c(S(=O)(=O)Nc2ccc(Cl)cc2)c1. The second-order valence-electron chi connectivity index (χ2n) is 5.09. The van der Waals surface area contributed by atoms with E-state index in [0.29, 0.717) is 17.1 Å². The minimum Gasteiger partial charge on any atom is -0.396 e. The van der Waals surface area contributed by atoms with Gasteiger partial charge in [0.2, 0.25) is 0 Å². The quantitative estimate of drug-likeness (QED) is 0.620. The Balaban J connectivity index is 2.26. The van der Waals surface area contributed by atoms with Crippen LogP contribution in [0.2, 0.25) is 10.0 Å². The van der Waals surface area contributed by atoms with Gasteiger partial charge in [-0.25, -0.2) is 8.42 Å². The van der Waals surface area contributed by atoms with Crippen LogP contribution in [0.25, 0.3) is 0 Å². The molecule has 0 saturated heterocycles. The molecule has 1 amide bonds. The van der Waals surface area contributed by atoms with Crippen molar-refractivity contribution in [2.24, 2.45) is 0 Å². The van der Waals surface area contributed by atoms with Crippen LogP contribution in [0.1, 0.15) is 16.8 Å². The van der Waals surface area contributed by atoms with Crippen LogP contribution in [0.3, 0.4) is 0 Å². The molecule has 6 nitrogen and oxygen atoms in total. The van der Waals surface area contributed by atoms with Crippen LogP contribution in [0, 0.1) is 0 Å². The molecule has 0 heterocycles. The van der Waals surface area contributed by atoms with Crippen molar-refractivity contribution in [2.75, 3.05) is 17.9 Å². The van der Waals surface area contributed by atoms with Crippen molar-refractivity contribution in [1.82, 2.24) is 5.32 Å². The molecule has 0 aliphatic carbocycles. The zero-order valence-electron chi connectivity index (χ0n) is 13.0. The minimum atomic E-state index is -3.98. The normalized spacial score (nSPS) is 11.2. The standard InChI is InChI=1S/C16H16Cl2N2O4S/c17-12-3-5-13(6-4-12)20-25(23,24)15-10-11(2-7-14(15)18)16(22)19-8-1-9-21/h2-7,10,20-21H,1,8-9H2,(H,19,22). The first-order valence-corrected chi connectivity index (χ1v) is 9.54. The first-order chi connectivity index (χ1) is 11.8. The molecule has 2 aromatic rings. The van der Waals surface area contributed by atoms with Gasteiger partial charge in [0.05, 0.1) is 5.02 Å². The molecular formula is C16H16Cl2N2O4S. The third-order valence-corrected chi connectivity index (χ3v) is 5.31. The number of amides is 1. The number of halogens is 2. The van der Waals surface area contributed by atoms with Gasteiger partial charge in [-0.05, 0) is 48.9 Å². The highest BCUT2D eigenvalue weighted by molar-refractivity contribution is 7.92. The predicted molar refractivity (Wildman–Crippen MR) is 97.7 cm³/mol. The average Bonchev–Trinajstić information content (AvgIpc) is 2.57. The number of hydrogen-bond acceptors (Lipinski definition) is 4. The lowest BCUT2D eigenvalue weighted by Crippen LogP contribution is -2.25.